The van der Waals surface area contributed by atoms with Crippen LogP contribution in [0.3, 0.4) is 0 Å². The zero-order chi connectivity index (χ0) is 11.5. The molecule has 0 amide bonds. The molecular weight excluding hydrogens is 350 g/mol. The number of benzene rings is 1. The molecule has 1 nitrogen and oxygen atoms in total. The molecule has 1 atom stereocenters. The summed E-state index contributed by atoms with van der Waals surface area (Å²) in [5.74, 6) is 0. The Kier molecular flexibility index (Phi) is 4.19. The highest BCUT2D eigenvalue weighted by Crippen LogP contribution is 2.31. The molecule has 0 radical (unpaired) electrons. The van der Waals surface area contributed by atoms with E-state index >= 15 is 0 Å². The molecule has 1 unspecified atom stereocenters. The molecule has 0 aliphatic rings. The second kappa shape index (κ2) is 5.45. The molecule has 2 aromatic rings. The van der Waals surface area contributed by atoms with E-state index in [1.54, 1.807) is 11.3 Å². The van der Waals surface area contributed by atoms with Crippen molar-refractivity contribution >= 4 is 43.2 Å². The summed E-state index contributed by atoms with van der Waals surface area (Å²) in [7, 11) is 1.99. The standard InChI is InChI=1S/C12H11Br2NS/c1-15-12(10-5-6-11(14)16-10)8-3-2-4-9(13)7-8/h2-7,12,15H,1H3. The lowest BCUT2D eigenvalue weighted by Gasteiger charge is -2.15. The summed E-state index contributed by atoms with van der Waals surface area (Å²) >= 11 is 8.76. The van der Waals surface area contributed by atoms with Crippen molar-refractivity contribution in [3.05, 3.63) is 55.1 Å². The molecule has 0 fully saturated rings. The van der Waals surface area contributed by atoms with Gasteiger partial charge in [0.2, 0.25) is 0 Å². The Morgan fingerprint density at radius 2 is 2.00 bits per heavy atom. The average molecular weight is 361 g/mol. The number of hydrogen-bond donors (Lipinski definition) is 1. The fourth-order valence-corrected chi connectivity index (χ4v) is 3.62. The molecule has 0 aliphatic heterocycles. The molecule has 1 aromatic carbocycles. The van der Waals surface area contributed by atoms with Crippen molar-refractivity contribution in [2.45, 2.75) is 6.04 Å². The fourth-order valence-electron chi connectivity index (χ4n) is 1.64. The van der Waals surface area contributed by atoms with Crippen LogP contribution in [0.1, 0.15) is 16.5 Å². The Morgan fingerprint density at radius 3 is 2.56 bits per heavy atom. The van der Waals surface area contributed by atoms with Crippen molar-refractivity contribution in [3.63, 3.8) is 0 Å². The van der Waals surface area contributed by atoms with Crippen molar-refractivity contribution in [1.82, 2.24) is 5.32 Å². The van der Waals surface area contributed by atoms with Gasteiger partial charge in [-0.2, -0.15) is 0 Å². The van der Waals surface area contributed by atoms with Gasteiger partial charge in [0.05, 0.1) is 9.83 Å². The van der Waals surface area contributed by atoms with E-state index in [2.05, 4.69) is 67.5 Å². The van der Waals surface area contributed by atoms with Gasteiger partial charge >= 0.3 is 0 Å². The molecule has 0 bridgehead atoms. The molecule has 1 aromatic heterocycles. The van der Waals surface area contributed by atoms with Gasteiger partial charge in [-0.15, -0.1) is 11.3 Å². The maximum Gasteiger partial charge on any atom is 0.0702 e. The quantitative estimate of drug-likeness (QED) is 0.844. The first-order chi connectivity index (χ1) is 7.70. The molecule has 84 valence electrons. The highest BCUT2D eigenvalue weighted by molar-refractivity contribution is 9.11. The molecule has 1 N–H and O–H groups in total. The predicted octanol–water partition coefficient (Wildman–Crippen LogP) is 4.58. The molecule has 0 spiro atoms. The van der Waals surface area contributed by atoms with Crippen LogP contribution >= 0.6 is 43.2 Å². The van der Waals surface area contributed by atoms with Crippen LogP contribution in [-0.4, -0.2) is 7.05 Å². The summed E-state index contributed by atoms with van der Waals surface area (Å²) in [6, 6.07) is 12.9. The minimum absolute atomic E-state index is 0.258. The normalized spacial score (nSPS) is 12.7. The van der Waals surface area contributed by atoms with Gasteiger partial charge in [0.15, 0.2) is 0 Å². The third-order valence-corrected chi connectivity index (χ3v) is 4.53. The summed E-state index contributed by atoms with van der Waals surface area (Å²) in [5.41, 5.74) is 1.27. The van der Waals surface area contributed by atoms with Crippen LogP contribution in [0.4, 0.5) is 0 Å². The van der Waals surface area contributed by atoms with Crippen molar-refractivity contribution in [1.29, 1.82) is 0 Å². The van der Waals surface area contributed by atoms with E-state index in [1.165, 1.54) is 10.4 Å². The van der Waals surface area contributed by atoms with E-state index < -0.39 is 0 Å². The first-order valence-electron chi connectivity index (χ1n) is 4.88. The van der Waals surface area contributed by atoms with Crippen LogP contribution < -0.4 is 5.32 Å². The van der Waals surface area contributed by atoms with Gasteiger partial charge in [0.1, 0.15) is 0 Å². The Morgan fingerprint density at radius 1 is 1.19 bits per heavy atom. The first-order valence-corrected chi connectivity index (χ1v) is 7.29. The monoisotopic (exact) mass is 359 g/mol. The zero-order valence-corrected chi connectivity index (χ0v) is 12.7. The minimum atomic E-state index is 0.258. The average Bonchev–Trinajstić information content (AvgIpc) is 2.66. The van der Waals surface area contributed by atoms with Gasteiger partial charge in [0, 0.05) is 9.35 Å². The van der Waals surface area contributed by atoms with E-state index in [0.717, 1.165) is 8.26 Å². The first kappa shape index (κ1) is 12.3. The lowest BCUT2D eigenvalue weighted by atomic mass is 10.1. The van der Waals surface area contributed by atoms with Crippen LogP contribution in [0.25, 0.3) is 0 Å². The van der Waals surface area contributed by atoms with E-state index in [1.807, 2.05) is 13.1 Å². The van der Waals surface area contributed by atoms with E-state index in [4.69, 9.17) is 0 Å². The minimum Gasteiger partial charge on any atom is -0.309 e. The predicted molar refractivity (Wildman–Crippen MR) is 77.1 cm³/mol. The highest BCUT2D eigenvalue weighted by Gasteiger charge is 2.13. The number of hydrogen-bond acceptors (Lipinski definition) is 2. The molecule has 1 heterocycles. The SMILES string of the molecule is CNC(c1cccc(Br)c1)c1ccc(Br)s1. The van der Waals surface area contributed by atoms with Gasteiger partial charge in [0.25, 0.3) is 0 Å². The van der Waals surface area contributed by atoms with Crippen LogP contribution in [-0.2, 0) is 0 Å². The van der Waals surface area contributed by atoms with Gasteiger partial charge in [-0.1, -0.05) is 28.1 Å². The van der Waals surface area contributed by atoms with Gasteiger partial charge in [-0.25, -0.2) is 0 Å². The summed E-state index contributed by atoms with van der Waals surface area (Å²) in [5, 5.41) is 3.34. The van der Waals surface area contributed by atoms with Crippen LogP contribution in [0.2, 0.25) is 0 Å². The maximum absolute atomic E-state index is 3.50. The number of halogens is 2. The fraction of sp³-hybridized carbons (Fsp3) is 0.167. The molecule has 2 rings (SSSR count). The molecule has 0 saturated heterocycles. The summed E-state index contributed by atoms with van der Waals surface area (Å²) in [6.07, 6.45) is 0. The second-order valence-corrected chi connectivity index (χ2v) is 6.83. The van der Waals surface area contributed by atoms with Crippen molar-refractivity contribution < 1.29 is 0 Å². The third kappa shape index (κ3) is 2.74. The Balaban J connectivity index is 2.36. The Bertz CT molecular complexity index is 481. The molecule has 0 aliphatic carbocycles. The smallest absolute Gasteiger partial charge is 0.0702 e. The van der Waals surface area contributed by atoms with Crippen LogP contribution in [0, 0.1) is 0 Å². The van der Waals surface area contributed by atoms with E-state index in [9.17, 15) is 0 Å². The maximum atomic E-state index is 3.50. The van der Waals surface area contributed by atoms with Crippen molar-refractivity contribution in [3.8, 4) is 0 Å². The molecule has 0 saturated carbocycles. The lowest BCUT2D eigenvalue weighted by Crippen LogP contribution is -2.16. The Hall–Kier alpha value is -0.160. The topological polar surface area (TPSA) is 12.0 Å². The van der Waals surface area contributed by atoms with Gasteiger partial charge in [-0.3, -0.25) is 0 Å². The summed E-state index contributed by atoms with van der Waals surface area (Å²) in [6.45, 7) is 0. The number of thiophene rings is 1. The number of nitrogens with one attached hydrogen (secondary N) is 1. The molecular formula is C12H11Br2NS. The second-order valence-electron chi connectivity index (χ2n) is 3.42. The van der Waals surface area contributed by atoms with Crippen molar-refractivity contribution in [2.24, 2.45) is 0 Å². The molecule has 4 heteroatoms. The third-order valence-electron chi connectivity index (χ3n) is 2.35. The Labute approximate surface area is 116 Å². The largest absolute Gasteiger partial charge is 0.309 e. The van der Waals surface area contributed by atoms with E-state index in [0.29, 0.717) is 0 Å². The number of rotatable bonds is 3. The van der Waals surface area contributed by atoms with Gasteiger partial charge in [-0.05, 0) is 52.8 Å². The lowest BCUT2D eigenvalue weighted by molar-refractivity contribution is 0.703. The zero-order valence-electron chi connectivity index (χ0n) is 8.71. The van der Waals surface area contributed by atoms with Gasteiger partial charge < -0.3 is 5.32 Å². The van der Waals surface area contributed by atoms with Crippen molar-refractivity contribution in [2.75, 3.05) is 7.05 Å². The van der Waals surface area contributed by atoms with E-state index in [-0.39, 0.29) is 6.04 Å². The van der Waals surface area contributed by atoms with Crippen LogP contribution in [0.15, 0.2) is 44.7 Å². The molecule has 16 heavy (non-hydrogen) atoms. The summed E-state index contributed by atoms with van der Waals surface area (Å²) < 4.78 is 2.28. The van der Waals surface area contributed by atoms with Crippen LogP contribution in [0.5, 0.6) is 0 Å². The highest BCUT2D eigenvalue weighted by atomic mass is 79.9. The summed E-state index contributed by atoms with van der Waals surface area (Å²) in [4.78, 5) is 1.31.